The van der Waals surface area contributed by atoms with Crippen molar-refractivity contribution in [3.8, 4) is 17.2 Å². The highest BCUT2D eigenvalue weighted by atomic mass is 32.2. The molecule has 0 unspecified atom stereocenters. The van der Waals surface area contributed by atoms with Gasteiger partial charge in [0.25, 0.3) is 0 Å². The Morgan fingerprint density at radius 1 is 0.964 bits per heavy atom. The largest absolute Gasteiger partial charge is 0.497 e. The summed E-state index contributed by atoms with van der Waals surface area (Å²) < 4.78 is 42.2. The van der Waals surface area contributed by atoms with Gasteiger partial charge in [-0.25, -0.2) is 8.42 Å². The Labute approximate surface area is 165 Å². The summed E-state index contributed by atoms with van der Waals surface area (Å²) in [7, 11) is 0.652. The van der Waals surface area contributed by atoms with Crippen LogP contribution in [0.2, 0.25) is 0 Å². The number of anilines is 1. The maximum atomic E-state index is 12.8. The Bertz CT molecular complexity index is 913. The van der Waals surface area contributed by atoms with Crippen LogP contribution in [0.25, 0.3) is 0 Å². The van der Waals surface area contributed by atoms with Gasteiger partial charge in [-0.3, -0.25) is 4.79 Å². The average molecular weight is 408 g/mol. The minimum Gasteiger partial charge on any atom is -0.497 e. The van der Waals surface area contributed by atoms with Gasteiger partial charge in [0.15, 0.2) is 0 Å². The SMILES string of the molecule is CCN(CC(=O)Nc1cc(OC)ccc1OC)S(=O)(=O)c1ccc(OC)cc1. The van der Waals surface area contributed by atoms with E-state index in [2.05, 4.69) is 5.32 Å². The van der Waals surface area contributed by atoms with Crippen LogP contribution in [0.15, 0.2) is 47.4 Å². The molecular formula is C19H24N2O6S. The van der Waals surface area contributed by atoms with E-state index >= 15 is 0 Å². The smallest absolute Gasteiger partial charge is 0.243 e. The maximum Gasteiger partial charge on any atom is 0.243 e. The number of nitrogens with one attached hydrogen (secondary N) is 1. The van der Waals surface area contributed by atoms with E-state index < -0.39 is 15.9 Å². The van der Waals surface area contributed by atoms with Crippen molar-refractivity contribution in [2.45, 2.75) is 11.8 Å². The van der Waals surface area contributed by atoms with E-state index in [-0.39, 0.29) is 18.0 Å². The van der Waals surface area contributed by atoms with Gasteiger partial charge >= 0.3 is 0 Å². The highest BCUT2D eigenvalue weighted by molar-refractivity contribution is 7.89. The van der Waals surface area contributed by atoms with Crippen molar-refractivity contribution < 1.29 is 27.4 Å². The van der Waals surface area contributed by atoms with Crippen LogP contribution in [0.4, 0.5) is 5.69 Å². The van der Waals surface area contributed by atoms with Crippen molar-refractivity contribution >= 4 is 21.6 Å². The highest BCUT2D eigenvalue weighted by Gasteiger charge is 2.25. The van der Waals surface area contributed by atoms with Gasteiger partial charge in [-0.2, -0.15) is 4.31 Å². The van der Waals surface area contributed by atoms with Crippen molar-refractivity contribution in [1.82, 2.24) is 4.31 Å². The van der Waals surface area contributed by atoms with E-state index in [0.717, 1.165) is 4.31 Å². The summed E-state index contributed by atoms with van der Waals surface area (Å²) in [6.45, 7) is 1.46. The van der Waals surface area contributed by atoms with Gasteiger partial charge in [0.05, 0.1) is 38.5 Å². The number of methoxy groups -OCH3 is 3. The normalized spacial score (nSPS) is 11.2. The molecule has 0 saturated carbocycles. The summed E-state index contributed by atoms with van der Waals surface area (Å²) in [5.74, 6) is 1.03. The summed E-state index contributed by atoms with van der Waals surface area (Å²) in [5.41, 5.74) is 0.393. The number of ether oxygens (including phenoxy) is 3. The summed E-state index contributed by atoms with van der Waals surface area (Å²) >= 11 is 0. The Morgan fingerprint density at radius 2 is 1.57 bits per heavy atom. The van der Waals surface area contributed by atoms with Crippen molar-refractivity contribution in [2.24, 2.45) is 0 Å². The molecule has 0 heterocycles. The van der Waals surface area contributed by atoms with Crippen LogP contribution < -0.4 is 19.5 Å². The molecule has 0 aliphatic rings. The van der Waals surface area contributed by atoms with Crippen LogP contribution >= 0.6 is 0 Å². The van der Waals surface area contributed by atoms with E-state index in [1.165, 1.54) is 33.5 Å². The van der Waals surface area contributed by atoms with Crippen molar-refractivity contribution in [1.29, 1.82) is 0 Å². The molecule has 1 amide bonds. The second kappa shape index (κ2) is 9.43. The van der Waals surface area contributed by atoms with Crippen LogP contribution in [0, 0.1) is 0 Å². The lowest BCUT2D eigenvalue weighted by molar-refractivity contribution is -0.116. The van der Waals surface area contributed by atoms with E-state index in [1.807, 2.05) is 0 Å². The van der Waals surface area contributed by atoms with Gasteiger partial charge in [0.2, 0.25) is 15.9 Å². The topological polar surface area (TPSA) is 94.2 Å². The second-order valence-corrected chi connectivity index (χ2v) is 7.66. The summed E-state index contributed by atoms with van der Waals surface area (Å²) in [6.07, 6.45) is 0. The molecule has 0 fully saturated rings. The van der Waals surface area contributed by atoms with E-state index in [1.54, 1.807) is 37.3 Å². The zero-order valence-electron chi connectivity index (χ0n) is 16.3. The quantitative estimate of drug-likeness (QED) is 0.685. The molecule has 0 atom stereocenters. The number of carbonyl (C=O) groups excluding carboxylic acids is 1. The number of nitrogens with zero attached hydrogens (tertiary/aromatic N) is 1. The second-order valence-electron chi connectivity index (χ2n) is 5.72. The summed E-state index contributed by atoms with van der Waals surface area (Å²) in [5, 5.41) is 2.67. The lowest BCUT2D eigenvalue weighted by atomic mass is 10.2. The van der Waals surface area contributed by atoms with Crippen LogP contribution in [0.3, 0.4) is 0 Å². The molecule has 9 heteroatoms. The lowest BCUT2D eigenvalue weighted by Gasteiger charge is -2.20. The van der Waals surface area contributed by atoms with Crippen molar-refractivity contribution in [2.75, 3.05) is 39.7 Å². The lowest BCUT2D eigenvalue weighted by Crippen LogP contribution is -2.37. The number of amides is 1. The Balaban J connectivity index is 2.18. The number of hydrogen-bond donors (Lipinski definition) is 1. The minimum absolute atomic E-state index is 0.0851. The Hall–Kier alpha value is -2.78. The highest BCUT2D eigenvalue weighted by Crippen LogP contribution is 2.29. The fourth-order valence-electron chi connectivity index (χ4n) is 2.53. The third-order valence-corrected chi connectivity index (χ3v) is 5.99. The van der Waals surface area contributed by atoms with Gasteiger partial charge in [-0.15, -0.1) is 0 Å². The Kier molecular flexibility index (Phi) is 7.24. The molecular weight excluding hydrogens is 384 g/mol. The van der Waals surface area contributed by atoms with E-state index in [9.17, 15) is 13.2 Å². The van der Waals surface area contributed by atoms with Crippen LogP contribution in [-0.4, -0.2) is 53.0 Å². The average Bonchev–Trinajstić information content (AvgIpc) is 2.71. The predicted octanol–water partition coefficient (Wildman–Crippen LogP) is 2.36. The van der Waals surface area contributed by atoms with Gasteiger partial charge in [-0.05, 0) is 36.4 Å². The minimum atomic E-state index is -3.83. The summed E-state index contributed by atoms with van der Waals surface area (Å²) in [4.78, 5) is 12.6. The van der Waals surface area contributed by atoms with Gasteiger partial charge < -0.3 is 19.5 Å². The first-order valence-corrected chi connectivity index (χ1v) is 9.95. The zero-order chi connectivity index (χ0) is 20.7. The zero-order valence-corrected chi connectivity index (χ0v) is 17.1. The Morgan fingerprint density at radius 3 is 2.11 bits per heavy atom. The molecule has 2 aromatic carbocycles. The number of carbonyl (C=O) groups is 1. The molecule has 0 saturated heterocycles. The molecule has 0 aliphatic heterocycles. The third-order valence-electron chi connectivity index (χ3n) is 4.05. The molecule has 8 nitrogen and oxygen atoms in total. The van der Waals surface area contributed by atoms with Gasteiger partial charge in [0.1, 0.15) is 17.2 Å². The molecule has 0 aliphatic carbocycles. The molecule has 2 aromatic rings. The fourth-order valence-corrected chi connectivity index (χ4v) is 3.93. The van der Waals surface area contributed by atoms with Gasteiger partial charge in [0, 0.05) is 12.6 Å². The summed E-state index contributed by atoms with van der Waals surface area (Å²) in [6, 6.07) is 11.0. The molecule has 0 radical (unpaired) electrons. The maximum absolute atomic E-state index is 12.8. The molecule has 0 bridgehead atoms. The molecule has 0 spiro atoms. The van der Waals surface area contributed by atoms with E-state index in [0.29, 0.717) is 22.9 Å². The number of rotatable bonds is 9. The number of benzene rings is 2. The standard InChI is InChI=1S/C19H24N2O6S/c1-5-21(28(23,24)16-9-6-14(25-2)7-10-16)13-19(22)20-17-12-15(26-3)8-11-18(17)27-4/h6-12H,5,13H2,1-4H3,(H,20,22). The molecule has 152 valence electrons. The van der Waals surface area contributed by atoms with Crippen LogP contribution in [0.5, 0.6) is 17.2 Å². The van der Waals surface area contributed by atoms with Crippen molar-refractivity contribution in [3.05, 3.63) is 42.5 Å². The first-order valence-electron chi connectivity index (χ1n) is 8.51. The number of hydrogen-bond acceptors (Lipinski definition) is 6. The van der Waals surface area contributed by atoms with Crippen LogP contribution in [-0.2, 0) is 14.8 Å². The first kappa shape index (κ1) is 21.5. The van der Waals surface area contributed by atoms with E-state index in [4.69, 9.17) is 14.2 Å². The predicted molar refractivity (Wildman–Crippen MR) is 106 cm³/mol. The molecule has 28 heavy (non-hydrogen) atoms. The molecule has 1 N–H and O–H groups in total. The molecule has 2 rings (SSSR count). The van der Waals surface area contributed by atoms with Crippen molar-refractivity contribution in [3.63, 3.8) is 0 Å². The molecule has 0 aromatic heterocycles. The van der Waals surface area contributed by atoms with Gasteiger partial charge in [-0.1, -0.05) is 6.92 Å². The fraction of sp³-hybridized carbons (Fsp3) is 0.316. The first-order chi connectivity index (χ1) is 13.3. The number of sulfonamides is 1. The van der Waals surface area contributed by atoms with Crippen LogP contribution in [0.1, 0.15) is 6.92 Å². The third kappa shape index (κ3) is 4.93. The monoisotopic (exact) mass is 408 g/mol. The number of likely N-dealkylation sites (N-methyl/N-ethyl adjacent to an activating group) is 1.